The predicted octanol–water partition coefficient (Wildman–Crippen LogP) is 2.84. The molecular formula is C22H24N4O. The van der Waals surface area contributed by atoms with Crippen molar-refractivity contribution < 1.29 is 4.79 Å². The van der Waals surface area contributed by atoms with Gasteiger partial charge < -0.3 is 10.3 Å². The Morgan fingerprint density at radius 2 is 2.19 bits per heavy atom. The number of carbonyl (C=O) groups is 1. The Morgan fingerprint density at radius 1 is 1.33 bits per heavy atom. The summed E-state index contributed by atoms with van der Waals surface area (Å²) in [6.45, 7) is 7.19. The second-order valence-corrected chi connectivity index (χ2v) is 6.99. The molecule has 0 spiro atoms. The van der Waals surface area contributed by atoms with Gasteiger partial charge in [-0.1, -0.05) is 31.8 Å². The number of pyridine rings is 1. The zero-order chi connectivity index (χ0) is 19.2. The van der Waals surface area contributed by atoms with Crippen molar-refractivity contribution in [3.05, 3.63) is 77.3 Å². The molecule has 1 amide bonds. The first-order chi connectivity index (χ1) is 13.0. The number of hydrogen-bond donors (Lipinski definition) is 2. The average Bonchev–Trinajstić information content (AvgIpc) is 3.07. The number of aromatic nitrogens is 1. The van der Waals surface area contributed by atoms with E-state index in [1.807, 2.05) is 54.5 Å². The van der Waals surface area contributed by atoms with Gasteiger partial charge in [0.25, 0.3) is 5.91 Å². The maximum absolute atomic E-state index is 12.6. The summed E-state index contributed by atoms with van der Waals surface area (Å²) in [4.78, 5) is 16.7. The zero-order valence-electron chi connectivity index (χ0n) is 15.9. The molecule has 2 aromatic rings. The Kier molecular flexibility index (Phi) is 5.90. The van der Waals surface area contributed by atoms with Gasteiger partial charge in [0.1, 0.15) is 6.17 Å². The fraction of sp³-hybridized carbons (Fsp3) is 0.273. The molecule has 0 aliphatic carbocycles. The van der Waals surface area contributed by atoms with E-state index in [0.29, 0.717) is 11.5 Å². The van der Waals surface area contributed by atoms with Gasteiger partial charge >= 0.3 is 0 Å². The smallest absolute Gasteiger partial charge is 0.252 e. The minimum Gasteiger partial charge on any atom is -0.332 e. The van der Waals surface area contributed by atoms with Crippen LogP contribution in [-0.2, 0) is 0 Å². The van der Waals surface area contributed by atoms with Crippen LogP contribution in [0.4, 0.5) is 0 Å². The summed E-state index contributed by atoms with van der Waals surface area (Å²) in [7, 11) is 0. The van der Waals surface area contributed by atoms with E-state index in [0.717, 1.165) is 23.2 Å². The van der Waals surface area contributed by atoms with Crippen molar-refractivity contribution >= 4 is 5.91 Å². The molecule has 27 heavy (non-hydrogen) atoms. The van der Waals surface area contributed by atoms with Gasteiger partial charge in [-0.25, -0.2) is 5.43 Å². The molecule has 2 heterocycles. The van der Waals surface area contributed by atoms with E-state index in [1.54, 1.807) is 12.4 Å². The number of nitrogens with zero attached hydrogens (tertiary/aromatic N) is 2. The molecule has 3 rings (SSSR count). The Labute approximate surface area is 160 Å². The van der Waals surface area contributed by atoms with E-state index in [1.165, 1.54) is 0 Å². The largest absolute Gasteiger partial charge is 0.332 e. The molecule has 1 atom stereocenters. The maximum atomic E-state index is 12.6. The van der Waals surface area contributed by atoms with Gasteiger partial charge in [-0.05, 0) is 48.7 Å². The topological polar surface area (TPSA) is 57.3 Å². The number of hydrazine groups is 1. The number of benzene rings is 1. The highest BCUT2D eigenvalue weighted by Crippen LogP contribution is 2.12. The van der Waals surface area contributed by atoms with Crippen molar-refractivity contribution in [2.24, 2.45) is 5.92 Å². The molecular weight excluding hydrogens is 336 g/mol. The van der Waals surface area contributed by atoms with Crippen molar-refractivity contribution in [3.8, 4) is 11.8 Å². The van der Waals surface area contributed by atoms with Crippen molar-refractivity contribution in [3.63, 3.8) is 0 Å². The summed E-state index contributed by atoms with van der Waals surface area (Å²) in [5, 5.41) is 4.98. The van der Waals surface area contributed by atoms with Gasteiger partial charge in [0, 0.05) is 41.8 Å². The van der Waals surface area contributed by atoms with E-state index in [-0.39, 0.29) is 12.1 Å². The van der Waals surface area contributed by atoms with Crippen LogP contribution in [0.15, 0.2) is 55.0 Å². The fourth-order valence-corrected chi connectivity index (χ4v) is 2.74. The molecule has 5 heteroatoms. The van der Waals surface area contributed by atoms with Crippen LogP contribution in [0, 0.1) is 24.7 Å². The normalized spacial score (nSPS) is 15.6. The Morgan fingerprint density at radius 3 is 2.93 bits per heavy atom. The molecule has 0 bridgehead atoms. The summed E-state index contributed by atoms with van der Waals surface area (Å²) in [6, 6.07) is 9.34. The molecule has 0 fully saturated rings. The standard InChI is InChI=1S/C22H24N4O/c1-16(2)15-26-12-10-21(25-26)24-22(27)20-8-6-17(3)19(13-20)9-7-18-5-4-11-23-14-18/h4-6,8,10-14,16,21,25H,15H2,1-3H3,(H,24,27). The molecule has 2 N–H and O–H groups in total. The molecule has 1 aromatic heterocycles. The summed E-state index contributed by atoms with van der Waals surface area (Å²) in [5.74, 6) is 6.63. The molecule has 0 radical (unpaired) electrons. The molecule has 138 valence electrons. The van der Waals surface area contributed by atoms with Crippen LogP contribution >= 0.6 is 0 Å². The van der Waals surface area contributed by atoms with Crippen LogP contribution in [0.1, 0.15) is 40.9 Å². The van der Waals surface area contributed by atoms with Crippen LogP contribution in [0.25, 0.3) is 0 Å². The van der Waals surface area contributed by atoms with Crippen molar-refractivity contribution in [1.29, 1.82) is 0 Å². The lowest BCUT2D eigenvalue weighted by Crippen LogP contribution is -2.47. The molecule has 5 nitrogen and oxygen atoms in total. The molecule has 1 aromatic carbocycles. The Balaban J connectivity index is 1.68. The van der Waals surface area contributed by atoms with Crippen LogP contribution in [-0.4, -0.2) is 28.6 Å². The number of rotatable bonds is 4. The predicted molar refractivity (Wildman–Crippen MR) is 106 cm³/mol. The van der Waals surface area contributed by atoms with Crippen molar-refractivity contribution in [2.75, 3.05) is 6.54 Å². The van der Waals surface area contributed by atoms with Crippen LogP contribution < -0.4 is 10.7 Å². The van der Waals surface area contributed by atoms with Gasteiger partial charge in [-0.3, -0.25) is 9.78 Å². The third-order valence-corrected chi connectivity index (χ3v) is 4.11. The summed E-state index contributed by atoms with van der Waals surface area (Å²) < 4.78 is 0. The first-order valence-electron chi connectivity index (χ1n) is 9.06. The first-order valence-corrected chi connectivity index (χ1v) is 9.06. The highest BCUT2D eigenvalue weighted by atomic mass is 16.1. The maximum Gasteiger partial charge on any atom is 0.252 e. The number of aryl methyl sites for hydroxylation is 1. The summed E-state index contributed by atoms with van der Waals surface area (Å²) in [5.41, 5.74) is 6.56. The third-order valence-electron chi connectivity index (χ3n) is 4.11. The van der Waals surface area contributed by atoms with Gasteiger partial charge in [0.15, 0.2) is 0 Å². The lowest BCUT2D eigenvalue weighted by Gasteiger charge is -2.22. The minimum atomic E-state index is -0.206. The van der Waals surface area contributed by atoms with Gasteiger partial charge in [0.05, 0.1) is 0 Å². The van der Waals surface area contributed by atoms with E-state index < -0.39 is 0 Å². The van der Waals surface area contributed by atoms with E-state index in [9.17, 15) is 4.79 Å². The number of hydrogen-bond acceptors (Lipinski definition) is 4. The summed E-state index contributed by atoms with van der Waals surface area (Å²) in [6.07, 6.45) is 7.14. The number of carbonyl (C=O) groups excluding carboxylic acids is 1. The second-order valence-electron chi connectivity index (χ2n) is 6.99. The number of amides is 1. The molecule has 0 saturated carbocycles. The van der Waals surface area contributed by atoms with Crippen LogP contribution in [0.2, 0.25) is 0 Å². The van der Waals surface area contributed by atoms with Gasteiger partial charge in [0.2, 0.25) is 0 Å². The lowest BCUT2D eigenvalue weighted by atomic mass is 10.0. The Hall–Kier alpha value is -3.10. The van der Waals surface area contributed by atoms with Crippen molar-refractivity contribution in [1.82, 2.24) is 20.7 Å². The minimum absolute atomic E-state index is 0.132. The van der Waals surface area contributed by atoms with Crippen molar-refractivity contribution in [2.45, 2.75) is 26.9 Å². The average molecular weight is 360 g/mol. The van der Waals surface area contributed by atoms with E-state index in [2.05, 4.69) is 41.4 Å². The highest BCUT2D eigenvalue weighted by molar-refractivity contribution is 5.95. The van der Waals surface area contributed by atoms with Crippen LogP contribution in [0.5, 0.6) is 0 Å². The van der Waals surface area contributed by atoms with Crippen LogP contribution in [0.3, 0.4) is 0 Å². The first kappa shape index (κ1) is 18.7. The van der Waals surface area contributed by atoms with E-state index in [4.69, 9.17) is 0 Å². The monoisotopic (exact) mass is 360 g/mol. The quantitative estimate of drug-likeness (QED) is 0.824. The summed E-state index contributed by atoms with van der Waals surface area (Å²) >= 11 is 0. The third kappa shape index (κ3) is 5.19. The zero-order valence-corrected chi connectivity index (χ0v) is 15.9. The van der Waals surface area contributed by atoms with Gasteiger partial charge in [-0.2, -0.15) is 0 Å². The molecule has 1 unspecified atom stereocenters. The fourth-order valence-electron chi connectivity index (χ4n) is 2.74. The lowest BCUT2D eigenvalue weighted by molar-refractivity contribution is 0.0925. The molecule has 1 aliphatic rings. The molecule has 0 saturated heterocycles. The number of nitrogens with one attached hydrogen (secondary N) is 2. The SMILES string of the molecule is Cc1ccc(C(=O)NC2C=CN(CC(C)C)N2)cc1C#Cc1cccnc1. The van der Waals surface area contributed by atoms with E-state index >= 15 is 0 Å². The highest BCUT2D eigenvalue weighted by Gasteiger charge is 2.18. The Bertz CT molecular complexity index is 894. The molecule has 1 aliphatic heterocycles. The van der Waals surface area contributed by atoms with Gasteiger partial charge in [-0.15, -0.1) is 0 Å². The second kappa shape index (κ2) is 8.52.